The molecular weight excluding hydrogens is 452 g/mol. The third-order valence-corrected chi connectivity index (χ3v) is 6.24. The third kappa shape index (κ3) is 4.45. The standard InChI is InChI=1S/C26H22N2O5S/c1-15-8-9-16(2)21(12-15)28-24(30)18-11-10-17(13-19(18)25(28)31)26(32)33-14-23(29)27-20-6-4-5-7-22(20)34-3/h4-13H,14H2,1-3H3,(H,27,29). The molecule has 7 nitrogen and oxygen atoms in total. The summed E-state index contributed by atoms with van der Waals surface area (Å²) in [4.78, 5) is 52.8. The van der Waals surface area contributed by atoms with Crippen molar-refractivity contribution in [1.82, 2.24) is 0 Å². The second-order valence-corrected chi connectivity index (χ2v) is 8.67. The van der Waals surface area contributed by atoms with Gasteiger partial charge in [0.15, 0.2) is 6.61 Å². The van der Waals surface area contributed by atoms with Gasteiger partial charge in [0.25, 0.3) is 17.7 Å². The van der Waals surface area contributed by atoms with Gasteiger partial charge in [0.2, 0.25) is 0 Å². The van der Waals surface area contributed by atoms with Crippen LogP contribution < -0.4 is 10.2 Å². The molecule has 0 unspecified atom stereocenters. The summed E-state index contributed by atoms with van der Waals surface area (Å²) in [5.41, 5.74) is 3.27. The highest BCUT2D eigenvalue weighted by atomic mass is 32.2. The molecule has 3 amide bonds. The van der Waals surface area contributed by atoms with Gasteiger partial charge in [-0.25, -0.2) is 9.69 Å². The highest BCUT2D eigenvalue weighted by Gasteiger charge is 2.38. The van der Waals surface area contributed by atoms with Crippen LogP contribution in [0.4, 0.5) is 11.4 Å². The first-order chi connectivity index (χ1) is 16.3. The number of para-hydroxylation sites is 1. The van der Waals surface area contributed by atoms with Crippen LogP contribution in [0.15, 0.2) is 65.6 Å². The molecular formula is C26H22N2O5S. The Morgan fingerprint density at radius 1 is 0.941 bits per heavy atom. The summed E-state index contributed by atoms with van der Waals surface area (Å²) >= 11 is 1.48. The maximum Gasteiger partial charge on any atom is 0.338 e. The second-order valence-electron chi connectivity index (χ2n) is 7.82. The number of esters is 1. The first-order valence-corrected chi connectivity index (χ1v) is 11.7. The van der Waals surface area contributed by atoms with E-state index in [9.17, 15) is 19.2 Å². The van der Waals surface area contributed by atoms with Crippen LogP contribution in [0.25, 0.3) is 0 Å². The quantitative estimate of drug-likeness (QED) is 0.318. The van der Waals surface area contributed by atoms with Crippen molar-refractivity contribution in [3.05, 3.63) is 88.5 Å². The summed E-state index contributed by atoms with van der Waals surface area (Å²) in [5.74, 6) is -2.19. The molecule has 0 bridgehead atoms. The fraction of sp³-hybridized carbons (Fsp3) is 0.154. The lowest BCUT2D eigenvalue weighted by atomic mass is 10.1. The number of rotatable bonds is 6. The Morgan fingerprint density at radius 2 is 1.68 bits per heavy atom. The molecule has 0 atom stereocenters. The molecule has 8 heteroatoms. The zero-order valence-corrected chi connectivity index (χ0v) is 19.7. The van der Waals surface area contributed by atoms with Crippen LogP contribution in [-0.2, 0) is 9.53 Å². The molecule has 1 aliphatic rings. The predicted octanol–water partition coefficient (Wildman–Crippen LogP) is 4.62. The number of hydrogen-bond donors (Lipinski definition) is 1. The predicted molar refractivity (Wildman–Crippen MR) is 131 cm³/mol. The molecule has 0 aliphatic carbocycles. The van der Waals surface area contributed by atoms with Crippen molar-refractivity contribution < 1.29 is 23.9 Å². The number of amides is 3. The molecule has 4 rings (SSSR count). The topological polar surface area (TPSA) is 92.8 Å². The number of aryl methyl sites for hydroxylation is 2. The minimum Gasteiger partial charge on any atom is -0.452 e. The zero-order valence-electron chi connectivity index (χ0n) is 18.9. The Morgan fingerprint density at radius 3 is 2.44 bits per heavy atom. The third-order valence-electron chi connectivity index (χ3n) is 5.44. The van der Waals surface area contributed by atoms with Crippen molar-refractivity contribution in [3.63, 3.8) is 0 Å². The van der Waals surface area contributed by atoms with Crippen LogP contribution in [0.5, 0.6) is 0 Å². The minimum atomic E-state index is -0.762. The molecule has 172 valence electrons. The molecule has 34 heavy (non-hydrogen) atoms. The van der Waals surface area contributed by atoms with Gasteiger partial charge in [0.05, 0.1) is 28.1 Å². The second kappa shape index (κ2) is 9.52. The number of hydrogen-bond acceptors (Lipinski definition) is 6. The van der Waals surface area contributed by atoms with E-state index >= 15 is 0 Å². The van der Waals surface area contributed by atoms with Crippen LogP contribution in [0, 0.1) is 13.8 Å². The van der Waals surface area contributed by atoms with E-state index in [1.165, 1.54) is 30.0 Å². The van der Waals surface area contributed by atoms with Crippen molar-refractivity contribution in [3.8, 4) is 0 Å². The molecule has 1 heterocycles. The molecule has 0 aromatic heterocycles. The normalized spacial score (nSPS) is 12.5. The minimum absolute atomic E-state index is 0.0834. The van der Waals surface area contributed by atoms with Gasteiger partial charge in [0.1, 0.15) is 0 Å². The lowest BCUT2D eigenvalue weighted by molar-refractivity contribution is -0.119. The van der Waals surface area contributed by atoms with Crippen LogP contribution >= 0.6 is 11.8 Å². The van der Waals surface area contributed by atoms with Gasteiger partial charge in [-0.3, -0.25) is 14.4 Å². The van der Waals surface area contributed by atoms with E-state index in [1.54, 1.807) is 18.2 Å². The average Bonchev–Trinajstić information content (AvgIpc) is 3.08. The molecule has 0 spiro atoms. The molecule has 0 saturated heterocycles. The largest absolute Gasteiger partial charge is 0.452 e. The average molecular weight is 475 g/mol. The highest BCUT2D eigenvalue weighted by molar-refractivity contribution is 7.98. The van der Waals surface area contributed by atoms with Crippen LogP contribution in [-0.4, -0.2) is 36.6 Å². The van der Waals surface area contributed by atoms with Gasteiger partial charge in [-0.15, -0.1) is 11.8 Å². The van der Waals surface area contributed by atoms with Gasteiger partial charge in [-0.1, -0.05) is 24.3 Å². The van der Waals surface area contributed by atoms with Gasteiger partial charge in [-0.05, 0) is 67.6 Å². The van der Waals surface area contributed by atoms with Crippen molar-refractivity contribution in [2.45, 2.75) is 18.7 Å². The summed E-state index contributed by atoms with van der Waals surface area (Å²) in [6.45, 7) is 3.22. The number of carbonyl (C=O) groups is 4. The van der Waals surface area contributed by atoms with Gasteiger partial charge in [0, 0.05) is 4.90 Å². The molecule has 3 aromatic carbocycles. The number of thioether (sulfide) groups is 1. The van der Waals surface area contributed by atoms with E-state index < -0.39 is 30.3 Å². The maximum absolute atomic E-state index is 13.1. The molecule has 1 N–H and O–H groups in total. The van der Waals surface area contributed by atoms with Gasteiger partial charge in [-0.2, -0.15) is 0 Å². The summed E-state index contributed by atoms with van der Waals surface area (Å²) in [6.07, 6.45) is 1.90. The number of fused-ring (bicyclic) bond motifs is 1. The Labute approximate surface area is 201 Å². The highest BCUT2D eigenvalue weighted by Crippen LogP contribution is 2.32. The number of benzene rings is 3. The van der Waals surface area contributed by atoms with E-state index in [1.807, 2.05) is 44.4 Å². The SMILES string of the molecule is CSc1ccccc1NC(=O)COC(=O)c1ccc2c(c1)C(=O)N(c1cc(C)ccc1C)C2=O. The van der Waals surface area contributed by atoms with E-state index in [2.05, 4.69) is 5.32 Å². The fourth-order valence-electron chi connectivity index (χ4n) is 3.70. The zero-order chi connectivity index (χ0) is 24.4. The van der Waals surface area contributed by atoms with E-state index in [0.29, 0.717) is 11.4 Å². The number of nitrogens with zero attached hydrogens (tertiary/aromatic N) is 1. The van der Waals surface area contributed by atoms with Crippen LogP contribution in [0.3, 0.4) is 0 Å². The van der Waals surface area contributed by atoms with Gasteiger partial charge >= 0.3 is 5.97 Å². The van der Waals surface area contributed by atoms with Crippen LogP contribution in [0.2, 0.25) is 0 Å². The van der Waals surface area contributed by atoms with Crippen molar-refractivity contribution >= 4 is 46.8 Å². The van der Waals surface area contributed by atoms with Crippen molar-refractivity contribution in [2.75, 3.05) is 23.1 Å². The maximum atomic E-state index is 13.1. The Balaban J connectivity index is 1.47. The summed E-state index contributed by atoms with van der Waals surface area (Å²) in [6, 6.07) is 17.0. The summed E-state index contributed by atoms with van der Waals surface area (Å²) in [5, 5.41) is 2.71. The molecule has 0 radical (unpaired) electrons. The molecule has 0 saturated carbocycles. The number of imide groups is 1. The summed E-state index contributed by atoms with van der Waals surface area (Å²) in [7, 11) is 0. The number of ether oxygens (including phenoxy) is 1. The lowest BCUT2D eigenvalue weighted by Gasteiger charge is -2.17. The lowest BCUT2D eigenvalue weighted by Crippen LogP contribution is -2.30. The molecule has 3 aromatic rings. The summed E-state index contributed by atoms with van der Waals surface area (Å²) < 4.78 is 5.14. The van der Waals surface area contributed by atoms with Crippen molar-refractivity contribution in [2.24, 2.45) is 0 Å². The molecule has 1 aliphatic heterocycles. The molecule has 0 fully saturated rings. The smallest absolute Gasteiger partial charge is 0.338 e. The monoisotopic (exact) mass is 474 g/mol. The Bertz CT molecular complexity index is 1330. The van der Waals surface area contributed by atoms with Crippen LogP contribution in [0.1, 0.15) is 42.2 Å². The number of carbonyl (C=O) groups excluding carboxylic acids is 4. The first kappa shape index (κ1) is 23.3. The van der Waals surface area contributed by atoms with Gasteiger partial charge < -0.3 is 10.1 Å². The van der Waals surface area contributed by atoms with E-state index in [4.69, 9.17) is 4.74 Å². The Hall–Kier alpha value is -3.91. The number of anilines is 2. The first-order valence-electron chi connectivity index (χ1n) is 10.5. The van der Waals surface area contributed by atoms with Crippen molar-refractivity contribution in [1.29, 1.82) is 0 Å². The van der Waals surface area contributed by atoms with E-state index in [0.717, 1.165) is 20.9 Å². The Kier molecular flexibility index (Phi) is 6.51. The van der Waals surface area contributed by atoms with E-state index in [-0.39, 0.29) is 16.7 Å². The number of nitrogens with one attached hydrogen (secondary N) is 1. The fourth-order valence-corrected chi connectivity index (χ4v) is 4.25.